The van der Waals surface area contributed by atoms with Crippen molar-refractivity contribution in [3.05, 3.63) is 103 Å². The number of fused-ring (bicyclic) bond motifs is 1. The van der Waals surface area contributed by atoms with Crippen LogP contribution in [0.5, 0.6) is 5.75 Å². The number of ether oxygens (including phenoxy) is 1. The molecule has 8 nitrogen and oxygen atoms in total. The SMILES string of the molecule is O=C(N/N=C/c1cc(Br)c(OCc2ccc([N+](=O)[O-])cc2)c(Br)c1)c1cc2ccccc2o1. The molecule has 0 aliphatic carbocycles. The van der Waals surface area contributed by atoms with Crippen molar-refractivity contribution in [2.75, 3.05) is 0 Å². The topological polar surface area (TPSA) is 107 Å². The molecular formula is C23H15Br2N3O5. The third-order valence-electron chi connectivity index (χ3n) is 4.58. The fourth-order valence-corrected chi connectivity index (χ4v) is 4.43. The van der Waals surface area contributed by atoms with Crippen LogP contribution in [0.1, 0.15) is 21.7 Å². The van der Waals surface area contributed by atoms with Gasteiger partial charge >= 0.3 is 5.91 Å². The Hall–Kier alpha value is -3.50. The molecule has 0 aliphatic heterocycles. The van der Waals surface area contributed by atoms with E-state index in [-0.39, 0.29) is 18.1 Å². The zero-order chi connectivity index (χ0) is 23.4. The normalized spacial score (nSPS) is 11.1. The Balaban J connectivity index is 1.39. The monoisotopic (exact) mass is 571 g/mol. The maximum atomic E-state index is 12.3. The molecule has 4 rings (SSSR count). The highest BCUT2D eigenvalue weighted by atomic mass is 79.9. The predicted molar refractivity (Wildman–Crippen MR) is 131 cm³/mol. The lowest BCUT2D eigenvalue weighted by atomic mass is 10.2. The van der Waals surface area contributed by atoms with Gasteiger partial charge in [-0.05, 0) is 79.4 Å². The Labute approximate surface area is 204 Å². The van der Waals surface area contributed by atoms with Crippen molar-refractivity contribution in [1.29, 1.82) is 0 Å². The van der Waals surface area contributed by atoms with Crippen molar-refractivity contribution in [2.24, 2.45) is 5.10 Å². The van der Waals surface area contributed by atoms with Gasteiger partial charge in [0.25, 0.3) is 5.69 Å². The predicted octanol–water partition coefficient (Wildman–Crippen LogP) is 6.21. The summed E-state index contributed by atoms with van der Waals surface area (Å²) < 4.78 is 12.7. The summed E-state index contributed by atoms with van der Waals surface area (Å²) in [4.78, 5) is 22.6. The van der Waals surface area contributed by atoms with Gasteiger partial charge in [0.2, 0.25) is 0 Å². The third-order valence-corrected chi connectivity index (χ3v) is 5.76. The van der Waals surface area contributed by atoms with E-state index < -0.39 is 10.8 Å². The second-order valence-electron chi connectivity index (χ2n) is 6.87. The standard InChI is InChI=1S/C23H15Br2N3O5/c24-18-9-15(12-26-27-23(29)21-11-16-3-1-2-4-20(16)33-21)10-19(25)22(18)32-13-14-5-7-17(8-6-14)28(30)31/h1-12H,13H2,(H,27,29)/b26-12+. The van der Waals surface area contributed by atoms with E-state index in [0.717, 1.165) is 10.9 Å². The summed E-state index contributed by atoms with van der Waals surface area (Å²) in [7, 11) is 0. The lowest BCUT2D eigenvalue weighted by Crippen LogP contribution is -2.16. The number of carbonyl (C=O) groups is 1. The van der Waals surface area contributed by atoms with E-state index >= 15 is 0 Å². The molecule has 0 radical (unpaired) electrons. The fourth-order valence-electron chi connectivity index (χ4n) is 2.98. The number of hydrogen-bond donors (Lipinski definition) is 1. The molecule has 0 bridgehead atoms. The molecule has 10 heteroatoms. The lowest BCUT2D eigenvalue weighted by molar-refractivity contribution is -0.384. The van der Waals surface area contributed by atoms with E-state index in [0.29, 0.717) is 25.8 Å². The summed E-state index contributed by atoms with van der Waals surface area (Å²) in [6, 6.07) is 18.7. The van der Waals surface area contributed by atoms with Gasteiger partial charge in [0.05, 0.1) is 20.1 Å². The highest BCUT2D eigenvalue weighted by Gasteiger charge is 2.12. The van der Waals surface area contributed by atoms with Gasteiger partial charge < -0.3 is 9.15 Å². The Morgan fingerprint density at radius 1 is 1.09 bits per heavy atom. The van der Waals surface area contributed by atoms with Crippen molar-refractivity contribution < 1.29 is 18.9 Å². The summed E-state index contributed by atoms with van der Waals surface area (Å²) >= 11 is 6.94. The van der Waals surface area contributed by atoms with E-state index in [9.17, 15) is 14.9 Å². The molecule has 1 amide bonds. The van der Waals surface area contributed by atoms with E-state index in [1.807, 2.05) is 18.2 Å². The molecular weight excluding hydrogens is 558 g/mol. The van der Waals surface area contributed by atoms with E-state index in [2.05, 4.69) is 42.4 Å². The number of non-ortho nitro benzene ring substituents is 1. The second kappa shape index (κ2) is 9.97. The molecule has 4 aromatic rings. The number of nitrogens with one attached hydrogen (secondary N) is 1. The van der Waals surface area contributed by atoms with Crippen molar-refractivity contribution in [3.63, 3.8) is 0 Å². The van der Waals surface area contributed by atoms with Crippen molar-refractivity contribution in [3.8, 4) is 5.75 Å². The Bertz CT molecular complexity index is 1310. The molecule has 0 aliphatic rings. The van der Waals surface area contributed by atoms with Gasteiger partial charge in [0.15, 0.2) is 5.76 Å². The van der Waals surface area contributed by atoms with Gasteiger partial charge in [-0.1, -0.05) is 18.2 Å². The highest BCUT2D eigenvalue weighted by Crippen LogP contribution is 2.35. The summed E-state index contributed by atoms with van der Waals surface area (Å²) in [5.74, 6) is 0.283. The summed E-state index contributed by atoms with van der Waals surface area (Å²) in [6.45, 7) is 0.232. The number of nitrogens with zero attached hydrogens (tertiary/aromatic N) is 2. The molecule has 33 heavy (non-hydrogen) atoms. The number of hydrazone groups is 1. The maximum Gasteiger partial charge on any atom is 0.307 e. The van der Waals surface area contributed by atoms with Gasteiger partial charge in [0, 0.05) is 17.5 Å². The van der Waals surface area contributed by atoms with Gasteiger partial charge in [-0.2, -0.15) is 5.10 Å². The minimum absolute atomic E-state index is 0.0252. The summed E-state index contributed by atoms with van der Waals surface area (Å²) in [6.07, 6.45) is 1.50. The molecule has 0 saturated heterocycles. The largest absolute Gasteiger partial charge is 0.487 e. The van der Waals surface area contributed by atoms with Gasteiger partial charge in [-0.3, -0.25) is 14.9 Å². The molecule has 1 aromatic heterocycles. The number of benzene rings is 3. The molecule has 166 valence electrons. The number of rotatable bonds is 7. The Morgan fingerprint density at radius 3 is 2.45 bits per heavy atom. The average molecular weight is 573 g/mol. The fraction of sp³-hybridized carbons (Fsp3) is 0.0435. The molecule has 0 spiro atoms. The number of furan rings is 1. The van der Waals surface area contributed by atoms with E-state index in [1.165, 1.54) is 18.3 Å². The molecule has 3 aromatic carbocycles. The van der Waals surface area contributed by atoms with Crippen LogP contribution in [0.15, 0.2) is 85.2 Å². The first-order valence-corrected chi connectivity index (χ1v) is 11.2. The number of para-hydroxylation sites is 1. The molecule has 1 heterocycles. The zero-order valence-electron chi connectivity index (χ0n) is 16.8. The number of halogens is 2. The second-order valence-corrected chi connectivity index (χ2v) is 8.58. The van der Waals surface area contributed by atoms with Crippen LogP contribution in [-0.4, -0.2) is 17.0 Å². The van der Waals surface area contributed by atoms with Crippen LogP contribution in [0.4, 0.5) is 5.69 Å². The molecule has 1 N–H and O–H groups in total. The molecule has 0 atom stereocenters. The minimum atomic E-state index is -0.455. The van der Waals surface area contributed by atoms with Gasteiger partial charge in [0.1, 0.15) is 17.9 Å². The maximum absolute atomic E-state index is 12.3. The first-order chi connectivity index (χ1) is 15.9. The van der Waals surface area contributed by atoms with Gasteiger partial charge in [-0.15, -0.1) is 0 Å². The van der Waals surface area contributed by atoms with Crippen LogP contribution in [0, 0.1) is 10.1 Å². The summed E-state index contributed by atoms with van der Waals surface area (Å²) in [5, 5.41) is 15.6. The highest BCUT2D eigenvalue weighted by molar-refractivity contribution is 9.11. The number of nitro groups is 1. The van der Waals surface area contributed by atoms with Crippen LogP contribution in [-0.2, 0) is 6.61 Å². The van der Waals surface area contributed by atoms with Crippen LogP contribution < -0.4 is 10.2 Å². The number of nitro benzene ring substituents is 1. The summed E-state index contributed by atoms with van der Waals surface area (Å²) in [5.41, 5.74) is 4.60. The zero-order valence-corrected chi connectivity index (χ0v) is 20.0. The first-order valence-electron chi connectivity index (χ1n) is 9.58. The minimum Gasteiger partial charge on any atom is -0.487 e. The van der Waals surface area contributed by atoms with Crippen molar-refractivity contribution in [2.45, 2.75) is 6.61 Å². The lowest BCUT2D eigenvalue weighted by Gasteiger charge is -2.11. The third kappa shape index (κ3) is 5.47. The molecule has 0 unspecified atom stereocenters. The Kier molecular flexibility index (Phi) is 6.85. The molecule has 0 fully saturated rings. The van der Waals surface area contributed by atoms with Gasteiger partial charge in [-0.25, -0.2) is 5.43 Å². The quantitative estimate of drug-likeness (QED) is 0.161. The van der Waals surface area contributed by atoms with Crippen molar-refractivity contribution in [1.82, 2.24) is 5.43 Å². The number of amides is 1. The van der Waals surface area contributed by atoms with Crippen LogP contribution in [0.3, 0.4) is 0 Å². The van der Waals surface area contributed by atoms with Crippen LogP contribution in [0.2, 0.25) is 0 Å². The van der Waals surface area contributed by atoms with Crippen LogP contribution >= 0.6 is 31.9 Å². The van der Waals surface area contributed by atoms with E-state index in [1.54, 1.807) is 36.4 Å². The average Bonchev–Trinajstić information content (AvgIpc) is 3.23. The van der Waals surface area contributed by atoms with Crippen molar-refractivity contribution >= 4 is 60.6 Å². The number of carbonyl (C=O) groups excluding carboxylic acids is 1. The molecule has 0 saturated carbocycles. The first kappa shape index (κ1) is 22.7. The van der Waals surface area contributed by atoms with E-state index in [4.69, 9.17) is 9.15 Å². The number of hydrogen-bond acceptors (Lipinski definition) is 6. The Morgan fingerprint density at radius 2 is 1.79 bits per heavy atom. The smallest absolute Gasteiger partial charge is 0.307 e. The van der Waals surface area contributed by atoms with Crippen LogP contribution in [0.25, 0.3) is 11.0 Å².